The number of pyridine rings is 1. The Morgan fingerprint density at radius 3 is 2.73 bits per heavy atom. The summed E-state index contributed by atoms with van der Waals surface area (Å²) in [6.07, 6.45) is 3.34. The predicted octanol–water partition coefficient (Wildman–Crippen LogP) is 3.04. The van der Waals surface area contributed by atoms with Crippen molar-refractivity contribution in [2.24, 2.45) is 5.73 Å². The van der Waals surface area contributed by atoms with E-state index in [1.165, 1.54) is 0 Å². The van der Waals surface area contributed by atoms with Gasteiger partial charge in [0.2, 0.25) is 0 Å². The smallest absolute Gasteiger partial charge is 0.304 e. The van der Waals surface area contributed by atoms with Gasteiger partial charge < -0.3 is 10.8 Å². The molecule has 2 rings (SSSR count). The minimum Gasteiger partial charge on any atom is -0.481 e. The number of nitrogens with two attached hydrogens (primary N) is 1. The fourth-order valence-electron chi connectivity index (χ4n) is 2.40. The highest BCUT2D eigenvalue weighted by Crippen LogP contribution is 2.25. The van der Waals surface area contributed by atoms with E-state index in [-0.39, 0.29) is 12.3 Å². The maximum absolute atomic E-state index is 10.9. The summed E-state index contributed by atoms with van der Waals surface area (Å²) in [5.74, 6) is -1.04. The highest BCUT2D eigenvalue weighted by molar-refractivity contribution is 6.31. The maximum Gasteiger partial charge on any atom is 0.304 e. The molecule has 1 heterocycles. The molecular formula is C17H19ClN2O2. The molecule has 2 aromatic rings. The quantitative estimate of drug-likeness (QED) is 0.822. The Balaban J connectivity index is 2.14. The molecule has 0 spiro atoms. The zero-order chi connectivity index (χ0) is 15.9. The van der Waals surface area contributed by atoms with Gasteiger partial charge in [-0.3, -0.25) is 9.78 Å². The second-order valence-corrected chi connectivity index (χ2v) is 5.61. The molecule has 1 aromatic carbocycles. The highest BCUT2D eigenvalue weighted by atomic mass is 35.5. The van der Waals surface area contributed by atoms with Crippen molar-refractivity contribution in [3.8, 4) is 0 Å². The number of aromatic nitrogens is 1. The number of rotatable bonds is 7. The molecule has 1 atom stereocenters. The summed E-state index contributed by atoms with van der Waals surface area (Å²) in [5, 5.41) is 9.65. The molecule has 0 saturated heterocycles. The van der Waals surface area contributed by atoms with Crippen molar-refractivity contribution in [3.05, 3.63) is 64.4 Å². The Morgan fingerprint density at radius 1 is 1.27 bits per heavy atom. The lowest BCUT2D eigenvalue weighted by Gasteiger charge is -2.15. The predicted molar refractivity (Wildman–Crippen MR) is 87.1 cm³/mol. The average Bonchev–Trinajstić information content (AvgIpc) is 2.53. The van der Waals surface area contributed by atoms with Crippen LogP contribution in [0.15, 0.2) is 42.6 Å². The van der Waals surface area contributed by atoms with E-state index in [1.54, 1.807) is 6.20 Å². The van der Waals surface area contributed by atoms with Crippen LogP contribution in [0.1, 0.15) is 29.2 Å². The van der Waals surface area contributed by atoms with Crippen LogP contribution in [0.2, 0.25) is 5.02 Å². The van der Waals surface area contributed by atoms with Crippen LogP contribution in [0.3, 0.4) is 0 Å². The number of carboxylic acid groups (broad SMARTS) is 1. The van der Waals surface area contributed by atoms with E-state index in [4.69, 9.17) is 22.4 Å². The Hall–Kier alpha value is -1.91. The number of benzene rings is 1. The lowest BCUT2D eigenvalue weighted by atomic mass is 9.93. The summed E-state index contributed by atoms with van der Waals surface area (Å²) < 4.78 is 0. The third-order valence-corrected chi connectivity index (χ3v) is 3.99. The van der Waals surface area contributed by atoms with Crippen LogP contribution in [0, 0.1) is 0 Å². The minimum absolute atomic E-state index is 0.0256. The molecule has 0 aliphatic rings. The molecule has 0 radical (unpaired) electrons. The van der Waals surface area contributed by atoms with Crippen molar-refractivity contribution in [2.45, 2.75) is 25.2 Å². The molecule has 0 unspecified atom stereocenters. The van der Waals surface area contributed by atoms with Crippen molar-refractivity contribution in [1.82, 2.24) is 4.98 Å². The molecule has 0 aliphatic carbocycles. The zero-order valence-electron chi connectivity index (χ0n) is 12.2. The Bertz CT molecular complexity index is 632. The maximum atomic E-state index is 10.9. The van der Waals surface area contributed by atoms with E-state index in [2.05, 4.69) is 4.98 Å². The summed E-state index contributed by atoms with van der Waals surface area (Å²) in [4.78, 5) is 15.2. The molecule has 22 heavy (non-hydrogen) atoms. The van der Waals surface area contributed by atoms with Gasteiger partial charge in [-0.15, -0.1) is 0 Å². The van der Waals surface area contributed by atoms with Crippen molar-refractivity contribution in [3.63, 3.8) is 0 Å². The normalized spacial score (nSPS) is 12.1. The van der Waals surface area contributed by atoms with Crippen LogP contribution < -0.4 is 5.73 Å². The molecule has 0 bridgehead atoms. The van der Waals surface area contributed by atoms with Crippen LogP contribution in [0.25, 0.3) is 0 Å². The van der Waals surface area contributed by atoms with E-state index in [1.807, 2.05) is 36.4 Å². The number of aliphatic carboxylic acids is 1. The van der Waals surface area contributed by atoms with Gasteiger partial charge in [-0.25, -0.2) is 0 Å². The first-order valence-electron chi connectivity index (χ1n) is 7.20. The Labute approximate surface area is 134 Å². The largest absolute Gasteiger partial charge is 0.481 e. The second kappa shape index (κ2) is 7.92. The summed E-state index contributed by atoms with van der Waals surface area (Å²) in [6, 6.07) is 11.4. The van der Waals surface area contributed by atoms with E-state index >= 15 is 0 Å². The molecule has 5 heteroatoms. The monoisotopic (exact) mass is 318 g/mol. The van der Waals surface area contributed by atoms with Gasteiger partial charge in [-0.2, -0.15) is 0 Å². The van der Waals surface area contributed by atoms with Crippen molar-refractivity contribution < 1.29 is 9.90 Å². The van der Waals surface area contributed by atoms with Crippen LogP contribution in [-0.4, -0.2) is 22.6 Å². The molecule has 1 aromatic heterocycles. The highest BCUT2D eigenvalue weighted by Gasteiger charge is 2.15. The van der Waals surface area contributed by atoms with E-state index < -0.39 is 5.97 Å². The molecule has 4 nitrogen and oxygen atoms in total. The van der Waals surface area contributed by atoms with Crippen molar-refractivity contribution >= 4 is 17.6 Å². The van der Waals surface area contributed by atoms with Gasteiger partial charge in [-0.05, 0) is 48.7 Å². The number of halogens is 1. The molecule has 0 fully saturated rings. The second-order valence-electron chi connectivity index (χ2n) is 5.20. The number of aryl methyl sites for hydroxylation is 2. The van der Waals surface area contributed by atoms with E-state index in [0.29, 0.717) is 11.6 Å². The van der Waals surface area contributed by atoms with Gasteiger partial charge in [0.25, 0.3) is 0 Å². The minimum atomic E-state index is -0.847. The molecule has 3 N–H and O–H groups in total. The molecular weight excluding hydrogens is 300 g/mol. The Morgan fingerprint density at radius 2 is 2.09 bits per heavy atom. The molecule has 0 amide bonds. The number of hydrogen-bond acceptors (Lipinski definition) is 3. The van der Waals surface area contributed by atoms with Gasteiger partial charge in [0.1, 0.15) is 0 Å². The standard InChI is InChI=1S/C17H19ClN2O2/c18-16-7-5-12(14(11-19)10-17(21)22)9-13(16)4-6-15-3-1-2-8-20-15/h1-3,5,7-9,14H,4,6,10-11,19H2,(H,21,22)/t14-/m0/s1. The average molecular weight is 319 g/mol. The summed E-state index contributed by atoms with van der Waals surface area (Å²) in [6.45, 7) is 0.299. The van der Waals surface area contributed by atoms with Gasteiger partial charge in [0.15, 0.2) is 0 Å². The third-order valence-electron chi connectivity index (χ3n) is 3.62. The zero-order valence-corrected chi connectivity index (χ0v) is 13.0. The SMILES string of the molecule is NC[C@H](CC(=O)O)c1ccc(Cl)c(CCc2ccccn2)c1. The fraction of sp³-hybridized carbons (Fsp3) is 0.294. The third kappa shape index (κ3) is 4.55. The summed E-state index contributed by atoms with van der Waals surface area (Å²) in [5.41, 5.74) is 8.62. The fourth-order valence-corrected chi connectivity index (χ4v) is 2.61. The number of hydrogen-bond donors (Lipinski definition) is 2. The molecule has 0 aliphatic heterocycles. The Kier molecular flexibility index (Phi) is 5.92. The molecule has 0 saturated carbocycles. The van der Waals surface area contributed by atoms with E-state index in [0.717, 1.165) is 29.7 Å². The van der Waals surface area contributed by atoms with Crippen molar-refractivity contribution in [2.75, 3.05) is 6.54 Å². The lowest BCUT2D eigenvalue weighted by Crippen LogP contribution is -2.16. The van der Waals surface area contributed by atoms with Crippen molar-refractivity contribution in [1.29, 1.82) is 0 Å². The summed E-state index contributed by atoms with van der Waals surface area (Å²) in [7, 11) is 0. The van der Waals surface area contributed by atoms with Crippen LogP contribution in [-0.2, 0) is 17.6 Å². The number of nitrogens with zero attached hydrogens (tertiary/aromatic N) is 1. The first-order chi connectivity index (χ1) is 10.6. The van der Waals surface area contributed by atoms with Gasteiger partial charge >= 0.3 is 5.97 Å². The number of carbonyl (C=O) groups is 1. The lowest BCUT2D eigenvalue weighted by molar-refractivity contribution is -0.137. The van der Waals surface area contributed by atoms with Gasteiger partial charge in [0.05, 0.1) is 6.42 Å². The van der Waals surface area contributed by atoms with Crippen LogP contribution in [0.4, 0.5) is 0 Å². The van der Waals surface area contributed by atoms with Gasteiger partial charge in [-0.1, -0.05) is 29.8 Å². The van der Waals surface area contributed by atoms with Gasteiger partial charge in [0, 0.05) is 22.8 Å². The first kappa shape index (κ1) is 16.5. The van der Waals surface area contributed by atoms with E-state index in [9.17, 15) is 4.79 Å². The van der Waals surface area contributed by atoms with Crippen LogP contribution in [0.5, 0.6) is 0 Å². The van der Waals surface area contributed by atoms with Crippen LogP contribution >= 0.6 is 11.6 Å². The summed E-state index contributed by atoms with van der Waals surface area (Å²) >= 11 is 6.25. The topological polar surface area (TPSA) is 76.2 Å². The molecule has 116 valence electrons. The number of carboxylic acids is 1. The first-order valence-corrected chi connectivity index (χ1v) is 7.58.